The first kappa shape index (κ1) is 23.5. The van der Waals surface area contributed by atoms with E-state index in [0.717, 1.165) is 17.3 Å². The predicted molar refractivity (Wildman–Crippen MR) is 121 cm³/mol. The standard InChI is InChI=1S/C20H24Cl2N2O4S2/c21-18-6-1-7-19(22)17(18)14-30(26,27)24-9-2-4-15(12-24)20(25)23-8-11-29-13-16-5-3-10-28-16/h1,3,5-7,10,15H,2,4,8-9,11-14H2,(H,23,25)/t15-/m0/s1. The number of hydrogen-bond acceptors (Lipinski definition) is 5. The van der Waals surface area contributed by atoms with Gasteiger partial charge < -0.3 is 9.73 Å². The minimum Gasteiger partial charge on any atom is -0.468 e. The Morgan fingerprint density at radius 3 is 2.70 bits per heavy atom. The number of piperidine rings is 1. The molecular formula is C20H24Cl2N2O4S2. The number of halogens is 2. The van der Waals surface area contributed by atoms with Gasteiger partial charge in [0.1, 0.15) is 5.76 Å². The molecule has 10 heteroatoms. The molecule has 6 nitrogen and oxygen atoms in total. The average molecular weight is 491 g/mol. The lowest BCUT2D eigenvalue weighted by molar-refractivity contribution is -0.125. The third-order valence-electron chi connectivity index (χ3n) is 4.91. The van der Waals surface area contributed by atoms with Gasteiger partial charge in [0.25, 0.3) is 0 Å². The zero-order chi connectivity index (χ0) is 21.6. The Kier molecular flexibility index (Phi) is 8.53. The lowest BCUT2D eigenvalue weighted by atomic mass is 9.99. The van der Waals surface area contributed by atoms with E-state index in [9.17, 15) is 13.2 Å². The molecular weight excluding hydrogens is 467 g/mol. The summed E-state index contributed by atoms with van der Waals surface area (Å²) >= 11 is 13.9. The number of carbonyl (C=O) groups excluding carboxylic acids is 1. The van der Waals surface area contributed by atoms with Crippen LogP contribution in [0.3, 0.4) is 0 Å². The van der Waals surface area contributed by atoms with Crippen LogP contribution in [0.4, 0.5) is 0 Å². The summed E-state index contributed by atoms with van der Waals surface area (Å²) in [6, 6.07) is 8.68. The van der Waals surface area contributed by atoms with Crippen molar-refractivity contribution in [3.63, 3.8) is 0 Å². The molecule has 1 saturated heterocycles. The van der Waals surface area contributed by atoms with Gasteiger partial charge in [-0.3, -0.25) is 4.79 Å². The molecule has 30 heavy (non-hydrogen) atoms. The van der Waals surface area contributed by atoms with E-state index in [4.69, 9.17) is 27.6 Å². The first-order valence-electron chi connectivity index (χ1n) is 9.65. The fourth-order valence-electron chi connectivity index (χ4n) is 3.31. The number of furan rings is 1. The van der Waals surface area contributed by atoms with Gasteiger partial charge in [-0.05, 0) is 37.1 Å². The summed E-state index contributed by atoms with van der Waals surface area (Å²) in [7, 11) is -3.63. The number of nitrogens with one attached hydrogen (secondary N) is 1. The summed E-state index contributed by atoms with van der Waals surface area (Å²) in [4.78, 5) is 12.5. The van der Waals surface area contributed by atoms with Crippen LogP contribution >= 0.6 is 35.0 Å². The lowest BCUT2D eigenvalue weighted by Gasteiger charge is -2.31. The molecule has 0 bridgehead atoms. The predicted octanol–water partition coefficient (Wildman–Crippen LogP) is 4.18. The second-order valence-corrected chi connectivity index (χ2v) is 11.0. The van der Waals surface area contributed by atoms with Gasteiger partial charge in [0.15, 0.2) is 0 Å². The van der Waals surface area contributed by atoms with Gasteiger partial charge in [0.05, 0.1) is 23.7 Å². The monoisotopic (exact) mass is 490 g/mol. The van der Waals surface area contributed by atoms with Crippen molar-refractivity contribution in [2.24, 2.45) is 5.92 Å². The third kappa shape index (κ3) is 6.40. The van der Waals surface area contributed by atoms with E-state index < -0.39 is 10.0 Å². The molecule has 2 aromatic rings. The van der Waals surface area contributed by atoms with Crippen LogP contribution in [-0.2, 0) is 26.3 Å². The maximum Gasteiger partial charge on any atom is 0.224 e. The van der Waals surface area contributed by atoms with Crippen molar-refractivity contribution in [2.45, 2.75) is 24.3 Å². The highest BCUT2D eigenvalue weighted by Gasteiger charge is 2.33. The van der Waals surface area contributed by atoms with Crippen molar-refractivity contribution in [2.75, 3.05) is 25.4 Å². The van der Waals surface area contributed by atoms with Gasteiger partial charge in [-0.15, -0.1) is 0 Å². The van der Waals surface area contributed by atoms with Gasteiger partial charge >= 0.3 is 0 Å². The van der Waals surface area contributed by atoms with Crippen molar-refractivity contribution in [1.82, 2.24) is 9.62 Å². The molecule has 0 saturated carbocycles. The van der Waals surface area contributed by atoms with Crippen LogP contribution in [0, 0.1) is 5.92 Å². The zero-order valence-corrected chi connectivity index (χ0v) is 19.5. The molecule has 0 unspecified atom stereocenters. The number of rotatable bonds is 9. The normalized spacial score (nSPS) is 17.7. The van der Waals surface area contributed by atoms with Crippen molar-refractivity contribution >= 4 is 50.9 Å². The zero-order valence-electron chi connectivity index (χ0n) is 16.4. The summed E-state index contributed by atoms with van der Waals surface area (Å²) in [5.41, 5.74) is 0.390. The Balaban J connectivity index is 1.49. The smallest absolute Gasteiger partial charge is 0.224 e. The molecule has 1 aliphatic rings. The Labute approximate surface area is 191 Å². The summed E-state index contributed by atoms with van der Waals surface area (Å²) in [5.74, 6) is 1.67. The Morgan fingerprint density at radius 2 is 2.00 bits per heavy atom. The Morgan fingerprint density at radius 1 is 1.23 bits per heavy atom. The molecule has 0 spiro atoms. The third-order valence-corrected chi connectivity index (χ3v) is 8.37. The van der Waals surface area contributed by atoms with Crippen LogP contribution in [0.15, 0.2) is 41.0 Å². The topological polar surface area (TPSA) is 79.6 Å². The summed E-state index contributed by atoms with van der Waals surface area (Å²) in [5, 5.41) is 3.57. The van der Waals surface area contributed by atoms with Crippen LogP contribution in [0.1, 0.15) is 24.2 Å². The maximum atomic E-state index is 12.9. The molecule has 2 heterocycles. The number of carbonyl (C=O) groups is 1. The first-order chi connectivity index (χ1) is 14.4. The molecule has 0 radical (unpaired) electrons. The second kappa shape index (κ2) is 10.9. The summed E-state index contributed by atoms with van der Waals surface area (Å²) in [6.07, 6.45) is 2.95. The number of sulfonamides is 1. The molecule has 3 rings (SSSR count). The first-order valence-corrected chi connectivity index (χ1v) is 13.2. The molecule has 1 aromatic carbocycles. The van der Waals surface area contributed by atoms with Gasteiger partial charge in [-0.2, -0.15) is 11.8 Å². The number of nitrogens with zero attached hydrogens (tertiary/aromatic N) is 1. The largest absolute Gasteiger partial charge is 0.468 e. The van der Waals surface area contributed by atoms with E-state index in [-0.39, 0.29) is 24.1 Å². The van der Waals surface area contributed by atoms with E-state index in [2.05, 4.69) is 5.32 Å². The highest BCUT2D eigenvalue weighted by molar-refractivity contribution is 7.98. The van der Waals surface area contributed by atoms with Crippen molar-refractivity contribution in [3.8, 4) is 0 Å². The molecule has 1 amide bonds. The number of amides is 1. The number of thioether (sulfide) groups is 1. The van der Waals surface area contributed by atoms with E-state index in [0.29, 0.717) is 41.5 Å². The van der Waals surface area contributed by atoms with Gasteiger partial charge in [0, 0.05) is 41.0 Å². The van der Waals surface area contributed by atoms with Gasteiger partial charge in [0.2, 0.25) is 15.9 Å². The van der Waals surface area contributed by atoms with Crippen molar-refractivity contribution < 1.29 is 17.6 Å². The Bertz CT molecular complexity index is 931. The molecule has 1 aromatic heterocycles. The number of hydrogen-bond donors (Lipinski definition) is 1. The summed E-state index contributed by atoms with van der Waals surface area (Å²) in [6.45, 7) is 1.10. The summed E-state index contributed by atoms with van der Waals surface area (Å²) < 4.78 is 32.5. The van der Waals surface area contributed by atoms with Crippen LogP contribution in [0.2, 0.25) is 10.0 Å². The van der Waals surface area contributed by atoms with E-state index >= 15 is 0 Å². The van der Waals surface area contributed by atoms with Crippen LogP contribution in [-0.4, -0.2) is 44.0 Å². The quantitative estimate of drug-likeness (QED) is 0.533. The molecule has 1 N–H and O–H groups in total. The lowest BCUT2D eigenvalue weighted by Crippen LogP contribution is -2.46. The highest BCUT2D eigenvalue weighted by Crippen LogP contribution is 2.29. The maximum absolute atomic E-state index is 12.9. The van der Waals surface area contributed by atoms with Crippen LogP contribution in [0.25, 0.3) is 0 Å². The van der Waals surface area contributed by atoms with Crippen molar-refractivity contribution in [3.05, 3.63) is 58.0 Å². The fraction of sp³-hybridized carbons (Fsp3) is 0.450. The minimum atomic E-state index is -3.63. The molecule has 1 atom stereocenters. The molecule has 164 valence electrons. The average Bonchev–Trinajstić information content (AvgIpc) is 3.24. The molecule has 1 fully saturated rings. The highest BCUT2D eigenvalue weighted by atomic mass is 35.5. The minimum absolute atomic E-state index is 0.107. The van der Waals surface area contributed by atoms with Gasteiger partial charge in [-0.1, -0.05) is 29.3 Å². The van der Waals surface area contributed by atoms with E-state index in [1.165, 1.54) is 4.31 Å². The SMILES string of the molecule is O=C(NCCSCc1ccco1)[C@H]1CCCN(S(=O)(=O)Cc2c(Cl)cccc2Cl)C1. The Hall–Kier alpha value is -1.19. The second-order valence-electron chi connectivity index (χ2n) is 7.08. The van der Waals surface area contributed by atoms with Crippen molar-refractivity contribution in [1.29, 1.82) is 0 Å². The fourth-order valence-corrected chi connectivity index (χ4v) is 6.43. The van der Waals surface area contributed by atoms with Crippen LogP contribution in [0.5, 0.6) is 0 Å². The van der Waals surface area contributed by atoms with E-state index in [1.807, 2.05) is 12.1 Å². The molecule has 1 aliphatic heterocycles. The number of benzene rings is 1. The van der Waals surface area contributed by atoms with Crippen LogP contribution < -0.4 is 5.32 Å². The van der Waals surface area contributed by atoms with E-state index in [1.54, 1.807) is 36.2 Å². The van der Waals surface area contributed by atoms with Gasteiger partial charge in [-0.25, -0.2) is 12.7 Å². The molecule has 0 aliphatic carbocycles.